The van der Waals surface area contributed by atoms with E-state index in [9.17, 15) is 18.0 Å². The predicted molar refractivity (Wildman–Crippen MR) is 117 cm³/mol. The lowest BCUT2D eigenvalue weighted by Gasteiger charge is -2.27. The third-order valence-corrected chi connectivity index (χ3v) is 5.70. The molecule has 5 rings (SSSR count). The molecule has 168 valence electrons. The van der Waals surface area contributed by atoms with Crippen LogP contribution in [-0.4, -0.2) is 31.2 Å². The minimum Gasteiger partial charge on any atom is -0.306 e. The summed E-state index contributed by atoms with van der Waals surface area (Å²) in [5.41, 5.74) is 2.73. The van der Waals surface area contributed by atoms with Gasteiger partial charge in [-0.25, -0.2) is 9.67 Å². The van der Waals surface area contributed by atoms with Gasteiger partial charge in [-0.3, -0.25) is 9.69 Å². The molecule has 1 N–H and O–H groups in total. The number of aromatic nitrogens is 4. The van der Waals surface area contributed by atoms with Crippen molar-refractivity contribution in [3.63, 3.8) is 0 Å². The Morgan fingerprint density at radius 1 is 1.03 bits per heavy atom. The van der Waals surface area contributed by atoms with Gasteiger partial charge < -0.3 is 4.98 Å². The van der Waals surface area contributed by atoms with Gasteiger partial charge in [0.2, 0.25) is 0 Å². The number of para-hydroxylation sites is 1. The van der Waals surface area contributed by atoms with E-state index < -0.39 is 11.7 Å². The second-order valence-corrected chi connectivity index (χ2v) is 8.00. The zero-order valence-corrected chi connectivity index (χ0v) is 17.5. The van der Waals surface area contributed by atoms with E-state index in [1.54, 1.807) is 0 Å². The molecule has 0 radical (unpaired) electrons. The summed E-state index contributed by atoms with van der Waals surface area (Å²) in [5.74, 6) is 0.282. The summed E-state index contributed by atoms with van der Waals surface area (Å²) in [5, 5.41) is 4.42. The number of rotatable bonds is 4. The Labute approximate surface area is 187 Å². The molecule has 0 amide bonds. The number of nitrogens with zero attached hydrogens (tertiary/aromatic N) is 4. The maximum atomic E-state index is 12.8. The van der Waals surface area contributed by atoms with Crippen molar-refractivity contribution in [1.82, 2.24) is 24.6 Å². The number of halogens is 3. The smallest absolute Gasteiger partial charge is 0.306 e. The first-order chi connectivity index (χ1) is 15.9. The molecule has 9 heteroatoms. The fourth-order valence-corrected chi connectivity index (χ4v) is 3.99. The fraction of sp³-hybridized carbons (Fsp3) is 0.208. The van der Waals surface area contributed by atoms with Gasteiger partial charge in [-0.2, -0.15) is 18.3 Å². The van der Waals surface area contributed by atoms with E-state index in [0.717, 1.165) is 23.4 Å². The van der Waals surface area contributed by atoms with Crippen molar-refractivity contribution in [1.29, 1.82) is 0 Å². The topological polar surface area (TPSA) is 66.8 Å². The van der Waals surface area contributed by atoms with E-state index in [0.29, 0.717) is 42.9 Å². The van der Waals surface area contributed by atoms with Crippen molar-refractivity contribution < 1.29 is 13.2 Å². The van der Waals surface area contributed by atoms with Crippen LogP contribution in [0.1, 0.15) is 22.4 Å². The maximum Gasteiger partial charge on any atom is 0.416 e. The van der Waals surface area contributed by atoms with Gasteiger partial charge in [0.05, 0.1) is 28.7 Å². The minimum absolute atomic E-state index is 0.264. The average molecular weight is 451 g/mol. The Morgan fingerprint density at radius 3 is 2.52 bits per heavy atom. The van der Waals surface area contributed by atoms with Crippen LogP contribution in [0.25, 0.3) is 17.1 Å². The number of hydrogen-bond acceptors (Lipinski definition) is 4. The number of aromatic amines is 1. The first kappa shape index (κ1) is 21.1. The molecule has 6 nitrogen and oxygen atoms in total. The number of alkyl halides is 3. The Kier molecular flexibility index (Phi) is 5.33. The molecule has 1 aliphatic rings. The van der Waals surface area contributed by atoms with Gasteiger partial charge in [0.15, 0.2) is 0 Å². The van der Waals surface area contributed by atoms with Gasteiger partial charge >= 0.3 is 6.18 Å². The highest BCUT2D eigenvalue weighted by Crippen LogP contribution is 2.30. The molecule has 0 fully saturated rings. The van der Waals surface area contributed by atoms with Gasteiger partial charge in [-0.15, -0.1) is 0 Å². The van der Waals surface area contributed by atoms with Gasteiger partial charge in [-0.05, 0) is 24.3 Å². The first-order valence-electron chi connectivity index (χ1n) is 10.5. The standard InChI is InChI=1S/C24H20F3N5O/c25-24(26,27)18-8-6-17(7-9-18)22-29-21-10-11-31(15-20(21)23(33)30-22)13-16-12-28-32(14-16)19-4-2-1-3-5-19/h1-9,12,14H,10-11,13,15H2,(H,29,30,33). The summed E-state index contributed by atoms with van der Waals surface area (Å²) in [6, 6.07) is 14.5. The molecule has 0 unspecified atom stereocenters. The maximum absolute atomic E-state index is 12.8. The molecule has 0 spiro atoms. The zero-order chi connectivity index (χ0) is 23.0. The lowest BCUT2D eigenvalue weighted by atomic mass is 10.1. The van der Waals surface area contributed by atoms with Crippen molar-refractivity contribution in [3.05, 3.63) is 99.7 Å². The minimum atomic E-state index is -4.41. The van der Waals surface area contributed by atoms with Crippen molar-refractivity contribution in [2.45, 2.75) is 25.7 Å². The second-order valence-electron chi connectivity index (χ2n) is 8.00. The molecule has 3 heterocycles. The molecule has 1 aliphatic heterocycles. The highest BCUT2D eigenvalue weighted by Gasteiger charge is 2.30. The monoisotopic (exact) mass is 451 g/mol. The summed E-state index contributed by atoms with van der Waals surface area (Å²) in [6.45, 7) is 1.81. The molecule has 0 aliphatic carbocycles. The number of H-pyrrole nitrogens is 1. The Bertz CT molecular complexity index is 1330. The van der Waals surface area contributed by atoms with Crippen molar-refractivity contribution in [3.8, 4) is 17.1 Å². The third kappa shape index (κ3) is 4.45. The quantitative estimate of drug-likeness (QED) is 0.505. The van der Waals surface area contributed by atoms with Crippen molar-refractivity contribution in [2.75, 3.05) is 6.54 Å². The lowest BCUT2D eigenvalue weighted by molar-refractivity contribution is -0.137. The number of fused-ring (bicyclic) bond motifs is 1. The van der Waals surface area contributed by atoms with Crippen LogP contribution in [0.15, 0.2) is 71.8 Å². The molecule has 0 bridgehead atoms. The van der Waals surface area contributed by atoms with Crippen LogP contribution in [0.4, 0.5) is 13.2 Å². The van der Waals surface area contributed by atoms with E-state index in [1.165, 1.54) is 12.1 Å². The highest BCUT2D eigenvalue weighted by molar-refractivity contribution is 5.56. The van der Waals surface area contributed by atoms with Crippen LogP contribution in [0, 0.1) is 0 Å². The highest BCUT2D eigenvalue weighted by atomic mass is 19.4. The van der Waals surface area contributed by atoms with E-state index >= 15 is 0 Å². The Morgan fingerprint density at radius 2 is 1.79 bits per heavy atom. The SMILES string of the molecule is O=c1[nH]c(-c2ccc(C(F)(F)F)cc2)nc2c1CN(Cc1cnn(-c3ccccc3)c1)CC2. The largest absolute Gasteiger partial charge is 0.416 e. The normalized spacial score (nSPS) is 14.3. The first-order valence-corrected chi connectivity index (χ1v) is 10.5. The summed E-state index contributed by atoms with van der Waals surface area (Å²) in [6.07, 6.45) is -0.0320. The fourth-order valence-electron chi connectivity index (χ4n) is 3.99. The number of hydrogen-bond donors (Lipinski definition) is 1. The molecule has 0 atom stereocenters. The summed E-state index contributed by atoms with van der Waals surface area (Å²) in [4.78, 5) is 22.2. The van der Waals surface area contributed by atoms with Crippen LogP contribution in [-0.2, 0) is 25.7 Å². The number of nitrogens with one attached hydrogen (secondary N) is 1. The van der Waals surface area contributed by atoms with Gasteiger partial charge in [0.25, 0.3) is 5.56 Å². The molecule has 33 heavy (non-hydrogen) atoms. The number of benzene rings is 2. The molecular weight excluding hydrogens is 431 g/mol. The van der Waals surface area contributed by atoms with E-state index in [-0.39, 0.29) is 11.4 Å². The van der Waals surface area contributed by atoms with E-state index in [4.69, 9.17) is 0 Å². The lowest BCUT2D eigenvalue weighted by Crippen LogP contribution is -2.35. The van der Waals surface area contributed by atoms with Crippen LogP contribution in [0.5, 0.6) is 0 Å². The average Bonchev–Trinajstić information content (AvgIpc) is 3.28. The zero-order valence-electron chi connectivity index (χ0n) is 17.5. The molecule has 4 aromatic rings. The molecular formula is C24H20F3N5O. The summed E-state index contributed by atoms with van der Waals surface area (Å²) in [7, 11) is 0. The van der Waals surface area contributed by atoms with Gasteiger partial charge in [-0.1, -0.05) is 30.3 Å². The molecule has 0 saturated carbocycles. The Hall–Kier alpha value is -3.72. The second kappa shape index (κ2) is 8.32. The predicted octanol–water partition coefficient (Wildman–Crippen LogP) is 4.20. The summed E-state index contributed by atoms with van der Waals surface area (Å²) >= 11 is 0. The molecule has 2 aromatic heterocycles. The van der Waals surface area contributed by atoms with Crippen LogP contribution < -0.4 is 5.56 Å². The van der Waals surface area contributed by atoms with Gasteiger partial charge in [0.1, 0.15) is 5.82 Å². The van der Waals surface area contributed by atoms with E-state index in [1.807, 2.05) is 47.4 Å². The van der Waals surface area contributed by atoms with E-state index in [2.05, 4.69) is 20.0 Å². The molecule has 0 saturated heterocycles. The van der Waals surface area contributed by atoms with Gasteiger partial charge in [0, 0.05) is 43.4 Å². The third-order valence-electron chi connectivity index (χ3n) is 5.70. The summed E-state index contributed by atoms with van der Waals surface area (Å²) < 4.78 is 40.2. The van der Waals surface area contributed by atoms with Crippen LogP contribution in [0.2, 0.25) is 0 Å². The Balaban J connectivity index is 1.32. The van der Waals surface area contributed by atoms with Crippen molar-refractivity contribution in [2.24, 2.45) is 0 Å². The van der Waals surface area contributed by atoms with Crippen LogP contribution in [0.3, 0.4) is 0 Å². The van der Waals surface area contributed by atoms with Crippen LogP contribution >= 0.6 is 0 Å². The van der Waals surface area contributed by atoms with Crippen molar-refractivity contribution >= 4 is 0 Å². The molecule has 2 aromatic carbocycles.